The van der Waals surface area contributed by atoms with Gasteiger partial charge < -0.3 is 19.8 Å². The van der Waals surface area contributed by atoms with E-state index < -0.39 is 18.9 Å². The minimum absolute atomic E-state index is 0.0162. The number of nitrogens with one attached hydrogen (secondary N) is 1. The molecule has 0 aliphatic carbocycles. The van der Waals surface area contributed by atoms with Crippen molar-refractivity contribution in [1.82, 2.24) is 4.98 Å². The second-order valence-corrected chi connectivity index (χ2v) is 6.45. The Kier molecular flexibility index (Phi) is 4.01. The molecule has 1 aliphatic rings. The van der Waals surface area contributed by atoms with Crippen molar-refractivity contribution in [2.75, 3.05) is 0 Å². The van der Waals surface area contributed by atoms with Gasteiger partial charge in [0.15, 0.2) is 5.78 Å². The smallest absolute Gasteiger partial charge is 0.526 e. The number of carboxylic acid groups (broad SMARTS) is 1. The minimum Gasteiger partial charge on any atom is -0.535 e. The highest BCUT2D eigenvalue weighted by atomic mass is 16.5. The standard InChI is InChI=1S/C19H16BNO5/c22-16(14-5-1-3-11-7-8-21-17(11)14)10-13-9-12-4-2-6-15(19(23)24)18(12)26-20(13)25/h1-8,13,21,25H,9-10H2,(H,23,24)/t13-/m1/s1. The number of hydrogen-bond acceptors (Lipinski definition) is 4. The van der Waals surface area contributed by atoms with Crippen LogP contribution in [0.25, 0.3) is 10.9 Å². The Labute approximate surface area is 149 Å². The van der Waals surface area contributed by atoms with Crippen LogP contribution in [0.5, 0.6) is 5.75 Å². The molecule has 0 amide bonds. The van der Waals surface area contributed by atoms with Crippen molar-refractivity contribution in [3.8, 4) is 5.75 Å². The highest BCUT2D eigenvalue weighted by Crippen LogP contribution is 2.37. The maximum absolute atomic E-state index is 12.8. The molecule has 6 nitrogen and oxygen atoms in total. The predicted molar refractivity (Wildman–Crippen MR) is 96.7 cm³/mol. The quantitative estimate of drug-likeness (QED) is 0.497. The third-order valence-corrected chi connectivity index (χ3v) is 4.79. The van der Waals surface area contributed by atoms with Crippen LogP contribution < -0.4 is 4.65 Å². The number of hydrogen-bond donors (Lipinski definition) is 3. The number of carboxylic acids is 1. The van der Waals surface area contributed by atoms with Gasteiger partial charge in [0.05, 0.1) is 11.1 Å². The molecular weight excluding hydrogens is 333 g/mol. The van der Waals surface area contributed by atoms with E-state index in [0.717, 1.165) is 10.9 Å². The average molecular weight is 349 g/mol. The highest BCUT2D eigenvalue weighted by molar-refractivity contribution is 6.47. The lowest BCUT2D eigenvalue weighted by atomic mass is 9.64. The summed E-state index contributed by atoms with van der Waals surface area (Å²) in [5.74, 6) is -1.46. The number of aromatic nitrogens is 1. The molecule has 2 aromatic carbocycles. The first-order valence-electron chi connectivity index (χ1n) is 8.34. The van der Waals surface area contributed by atoms with Crippen LogP contribution in [0.2, 0.25) is 5.82 Å². The van der Waals surface area contributed by atoms with Gasteiger partial charge in [0.25, 0.3) is 0 Å². The topological polar surface area (TPSA) is 99.6 Å². The number of ketones is 1. The van der Waals surface area contributed by atoms with Crippen LogP contribution in [0.4, 0.5) is 0 Å². The van der Waals surface area contributed by atoms with Crippen molar-refractivity contribution < 1.29 is 24.4 Å². The molecule has 26 heavy (non-hydrogen) atoms. The molecule has 1 atom stereocenters. The van der Waals surface area contributed by atoms with E-state index in [9.17, 15) is 19.7 Å². The number of aromatic carboxylic acids is 1. The van der Waals surface area contributed by atoms with Crippen molar-refractivity contribution in [2.45, 2.75) is 18.7 Å². The van der Waals surface area contributed by atoms with Crippen molar-refractivity contribution in [1.29, 1.82) is 0 Å². The Hall–Kier alpha value is -3.06. The molecule has 0 bridgehead atoms. The zero-order valence-corrected chi connectivity index (χ0v) is 13.8. The number of carbonyl (C=O) groups excluding carboxylic acids is 1. The summed E-state index contributed by atoms with van der Waals surface area (Å²) in [7, 11) is -1.23. The number of para-hydroxylation sites is 2. The molecule has 0 fully saturated rings. The van der Waals surface area contributed by atoms with Crippen molar-refractivity contribution >= 4 is 29.8 Å². The molecule has 7 heteroatoms. The maximum Gasteiger partial charge on any atom is 0.526 e. The largest absolute Gasteiger partial charge is 0.535 e. The Morgan fingerprint density at radius 1 is 1.15 bits per heavy atom. The average Bonchev–Trinajstić information content (AvgIpc) is 3.10. The van der Waals surface area contributed by atoms with Gasteiger partial charge in [0, 0.05) is 29.4 Å². The van der Waals surface area contributed by atoms with Gasteiger partial charge in [-0.3, -0.25) is 4.79 Å². The molecule has 1 aromatic heterocycles. The van der Waals surface area contributed by atoms with Gasteiger partial charge in [0.2, 0.25) is 0 Å². The molecule has 0 spiro atoms. The number of benzene rings is 2. The normalized spacial score (nSPS) is 16.2. The molecule has 4 rings (SSSR count). The number of carbonyl (C=O) groups is 2. The molecule has 3 N–H and O–H groups in total. The van der Waals surface area contributed by atoms with Crippen molar-refractivity contribution in [3.05, 3.63) is 65.4 Å². The van der Waals surface area contributed by atoms with E-state index in [2.05, 4.69) is 4.98 Å². The van der Waals surface area contributed by atoms with Crippen LogP contribution in [0.1, 0.15) is 32.7 Å². The van der Waals surface area contributed by atoms with Crippen molar-refractivity contribution in [2.24, 2.45) is 0 Å². The molecule has 130 valence electrons. The zero-order chi connectivity index (χ0) is 18.3. The summed E-state index contributed by atoms with van der Waals surface area (Å²) >= 11 is 0. The number of fused-ring (bicyclic) bond motifs is 2. The van der Waals surface area contributed by atoms with Gasteiger partial charge in [-0.15, -0.1) is 0 Å². The molecular formula is C19H16BNO5. The van der Waals surface area contributed by atoms with E-state index in [1.165, 1.54) is 6.07 Å². The maximum atomic E-state index is 12.8. The summed E-state index contributed by atoms with van der Waals surface area (Å²) in [5.41, 5.74) is 2.05. The number of aromatic amines is 1. The van der Waals surface area contributed by atoms with Crippen molar-refractivity contribution in [3.63, 3.8) is 0 Å². The Balaban J connectivity index is 1.60. The summed E-state index contributed by atoms with van der Waals surface area (Å²) in [6.07, 6.45) is 2.27. The SMILES string of the molecule is O=C(O)c1cccc2c1OB(O)[C@@H](CC(=O)c1cccc3cc[nH]c13)C2. The first kappa shape index (κ1) is 16.4. The summed E-state index contributed by atoms with van der Waals surface area (Å²) in [5, 5.41) is 20.5. The van der Waals surface area contributed by atoms with Gasteiger partial charge in [-0.25, -0.2) is 4.79 Å². The fourth-order valence-corrected chi connectivity index (χ4v) is 3.49. The van der Waals surface area contributed by atoms with Crippen LogP contribution >= 0.6 is 0 Å². The van der Waals surface area contributed by atoms with Crippen LogP contribution in [0.3, 0.4) is 0 Å². The molecule has 3 aromatic rings. The van der Waals surface area contributed by atoms with E-state index in [0.29, 0.717) is 17.5 Å². The number of rotatable bonds is 4. The predicted octanol–water partition coefficient (Wildman–Crippen LogP) is 2.92. The fraction of sp³-hybridized carbons (Fsp3) is 0.158. The van der Waals surface area contributed by atoms with Gasteiger partial charge in [-0.05, 0) is 30.2 Å². The van der Waals surface area contributed by atoms with Gasteiger partial charge in [-0.2, -0.15) is 0 Å². The summed E-state index contributed by atoms with van der Waals surface area (Å²) in [6.45, 7) is 0. The lowest BCUT2D eigenvalue weighted by molar-refractivity contribution is 0.0693. The highest BCUT2D eigenvalue weighted by Gasteiger charge is 2.38. The Morgan fingerprint density at radius 3 is 2.73 bits per heavy atom. The summed E-state index contributed by atoms with van der Waals surface area (Å²) in [4.78, 5) is 27.2. The lowest BCUT2D eigenvalue weighted by Gasteiger charge is -2.28. The molecule has 0 radical (unpaired) electrons. The van der Waals surface area contributed by atoms with E-state index >= 15 is 0 Å². The van der Waals surface area contributed by atoms with Crippen LogP contribution in [-0.2, 0) is 6.42 Å². The second kappa shape index (κ2) is 6.35. The third kappa shape index (κ3) is 2.76. The van der Waals surface area contributed by atoms with Gasteiger partial charge in [0.1, 0.15) is 5.75 Å². The summed E-state index contributed by atoms with van der Waals surface area (Å²) < 4.78 is 5.46. The Morgan fingerprint density at radius 2 is 1.92 bits per heavy atom. The number of H-pyrrole nitrogens is 1. The lowest BCUT2D eigenvalue weighted by Crippen LogP contribution is -2.35. The third-order valence-electron chi connectivity index (χ3n) is 4.79. The van der Waals surface area contributed by atoms with Gasteiger partial charge >= 0.3 is 13.1 Å². The first-order valence-corrected chi connectivity index (χ1v) is 8.34. The van der Waals surface area contributed by atoms with Crippen LogP contribution in [0.15, 0.2) is 48.7 Å². The molecule has 2 heterocycles. The minimum atomic E-state index is -1.23. The molecule has 0 saturated heterocycles. The van der Waals surface area contributed by atoms with Gasteiger partial charge in [-0.1, -0.05) is 24.3 Å². The monoisotopic (exact) mass is 349 g/mol. The second-order valence-electron chi connectivity index (χ2n) is 6.45. The fourth-order valence-electron chi connectivity index (χ4n) is 3.49. The van der Waals surface area contributed by atoms with Crippen LogP contribution in [0, 0.1) is 0 Å². The van der Waals surface area contributed by atoms with E-state index in [1.54, 1.807) is 24.4 Å². The number of Topliss-reactive ketones (excluding diaryl/α,β-unsaturated/α-hetero) is 1. The van der Waals surface area contributed by atoms with E-state index in [-0.39, 0.29) is 23.5 Å². The Bertz CT molecular complexity index is 1010. The molecule has 0 unspecified atom stereocenters. The molecule has 1 aliphatic heterocycles. The van der Waals surface area contributed by atoms with Crippen LogP contribution in [-0.4, -0.2) is 34.0 Å². The zero-order valence-electron chi connectivity index (χ0n) is 13.8. The van der Waals surface area contributed by atoms with E-state index in [1.807, 2.05) is 18.2 Å². The van der Waals surface area contributed by atoms with E-state index in [4.69, 9.17) is 4.65 Å². The first-order chi connectivity index (χ1) is 12.5. The molecule has 0 saturated carbocycles. The summed E-state index contributed by atoms with van der Waals surface area (Å²) in [6, 6.07) is 12.2.